The largest absolute Gasteiger partial charge is 0.323 e. The number of aromatic nitrogens is 3. The van der Waals surface area contributed by atoms with E-state index >= 15 is 0 Å². The number of rotatable bonds is 8. The minimum Gasteiger partial charge on any atom is -0.323 e. The molecule has 2 aromatic heterocycles. The number of likely N-dealkylation sites (N-methyl/N-ethyl adjacent to an activating group) is 1. The Morgan fingerprint density at radius 3 is 2.37 bits per heavy atom. The third kappa shape index (κ3) is 3.53. The molecule has 0 aliphatic rings. The van der Waals surface area contributed by atoms with E-state index in [4.69, 9.17) is 9.97 Å². The fourth-order valence-electron chi connectivity index (χ4n) is 3.70. The van der Waals surface area contributed by atoms with Crippen LogP contribution < -0.4 is 5.32 Å². The van der Waals surface area contributed by atoms with Gasteiger partial charge >= 0.3 is 0 Å². The van der Waals surface area contributed by atoms with Crippen molar-refractivity contribution in [3.05, 3.63) is 48.5 Å². The van der Waals surface area contributed by atoms with Crippen molar-refractivity contribution < 1.29 is 0 Å². The lowest BCUT2D eigenvalue weighted by atomic mass is 10.2. The van der Waals surface area contributed by atoms with Gasteiger partial charge in [0.2, 0.25) is 0 Å². The maximum absolute atomic E-state index is 4.93. The molecule has 27 heavy (non-hydrogen) atoms. The highest BCUT2D eigenvalue weighted by atomic mass is 15.1. The molecular formula is C22H27N5. The van der Waals surface area contributed by atoms with Crippen molar-refractivity contribution in [3.63, 3.8) is 0 Å². The second-order valence-corrected chi connectivity index (χ2v) is 6.83. The Bertz CT molecular complexity index is 1050. The summed E-state index contributed by atoms with van der Waals surface area (Å²) in [6, 6.07) is 16.6. The Hall–Kier alpha value is -2.50. The van der Waals surface area contributed by atoms with Gasteiger partial charge in [-0.25, -0.2) is 9.97 Å². The van der Waals surface area contributed by atoms with Crippen LogP contribution >= 0.6 is 0 Å². The second-order valence-electron chi connectivity index (χ2n) is 6.83. The predicted molar refractivity (Wildman–Crippen MR) is 113 cm³/mol. The Morgan fingerprint density at radius 1 is 0.889 bits per heavy atom. The van der Waals surface area contributed by atoms with Gasteiger partial charge in [0.1, 0.15) is 5.52 Å². The molecule has 4 rings (SSSR count). The number of benzene rings is 2. The summed E-state index contributed by atoms with van der Waals surface area (Å²) in [6.45, 7) is 10.5. The van der Waals surface area contributed by atoms with Gasteiger partial charge in [-0.1, -0.05) is 44.2 Å². The number of fused-ring (bicyclic) bond motifs is 4. The smallest absolute Gasteiger partial charge is 0.160 e. The van der Waals surface area contributed by atoms with Crippen LogP contribution in [0.3, 0.4) is 0 Å². The number of nitrogens with zero attached hydrogens (tertiary/aromatic N) is 4. The maximum Gasteiger partial charge on any atom is 0.160 e. The van der Waals surface area contributed by atoms with E-state index in [0.717, 1.165) is 61.5 Å². The fourth-order valence-corrected chi connectivity index (χ4v) is 3.70. The average molecular weight is 361 g/mol. The van der Waals surface area contributed by atoms with Crippen LogP contribution in [-0.2, 0) is 6.54 Å². The zero-order chi connectivity index (χ0) is 18.6. The van der Waals surface area contributed by atoms with Crippen molar-refractivity contribution in [3.8, 4) is 0 Å². The molecule has 4 aromatic rings. The highest BCUT2D eigenvalue weighted by Gasteiger charge is 2.13. The summed E-state index contributed by atoms with van der Waals surface area (Å²) < 4.78 is 2.30. The van der Waals surface area contributed by atoms with Crippen molar-refractivity contribution in [2.75, 3.05) is 32.7 Å². The lowest BCUT2D eigenvalue weighted by Gasteiger charge is -2.18. The van der Waals surface area contributed by atoms with Gasteiger partial charge in [-0.05, 0) is 31.3 Å². The quantitative estimate of drug-likeness (QED) is 0.487. The average Bonchev–Trinajstić information content (AvgIpc) is 3.02. The molecule has 0 bridgehead atoms. The van der Waals surface area contributed by atoms with Gasteiger partial charge in [0.15, 0.2) is 5.65 Å². The first-order chi connectivity index (χ1) is 13.3. The van der Waals surface area contributed by atoms with Gasteiger partial charge in [0, 0.05) is 31.6 Å². The lowest BCUT2D eigenvalue weighted by Crippen LogP contribution is -2.33. The first kappa shape index (κ1) is 17.9. The SMILES string of the molecule is CCN(CC)CCNCCn1c2ccccc2c2nc3ccccc3nc21. The molecule has 140 valence electrons. The van der Waals surface area contributed by atoms with Crippen LogP contribution in [0.5, 0.6) is 0 Å². The van der Waals surface area contributed by atoms with E-state index < -0.39 is 0 Å². The number of nitrogens with one attached hydrogen (secondary N) is 1. The first-order valence-electron chi connectivity index (χ1n) is 9.88. The Balaban J connectivity index is 1.61. The van der Waals surface area contributed by atoms with Crippen molar-refractivity contribution in [2.45, 2.75) is 20.4 Å². The van der Waals surface area contributed by atoms with Crippen LogP contribution in [0, 0.1) is 0 Å². The topological polar surface area (TPSA) is 46.0 Å². The summed E-state index contributed by atoms with van der Waals surface area (Å²) in [5.41, 5.74) is 5.06. The summed E-state index contributed by atoms with van der Waals surface area (Å²) >= 11 is 0. The second kappa shape index (κ2) is 8.03. The van der Waals surface area contributed by atoms with E-state index in [9.17, 15) is 0 Å². The van der Waals surface area contributed by atoms with Crippen LogP contribution in [0.15, 0.2) is 48.5 Å². The van der Waals surface area contributed by atoms with Crippen LogP contribution in [0.1, 0.15) is 13.8 Å². The minimum atomic E-state index is 0.884. The van der Waals surface area contributed by atoms with Gasteiger partial charge in [0.25, 0.3) is 0 Å². The van der Waals surface area contributed by atoms with Gasteiger partial charge in [0.05, 0.1) is 16.6 Å². The molecule has 2 heterocycles. The molecular weight excluding hydrogens is 334 g/mol. The van der Waals surface area contributed by atoms with Gasteiger partial charge in [-0.3, -0.25) is 0 Å². The monoisotopic (exact) mass is 361 g/mol. The van der Waals surface area contributed by atoms with Crippen LogP contribution in [0.25, 0.3) is 33.1 Å². The van der Waals surface area contributed by atoms with Crippen LogP contribution in [0.4, 0.5) is 0 Å². The van der Waals surface area contributed by atoms with Crippen molar-refractivity contribution in [2.24, 2.45) is 0 Å². The van der Waals surface area contributed by atoms with E-state index in [1.165, 1.54) is 10.9 Å². The third-order valence-electron chi connectivity index (χ3n) is 5.27. The number of hydrogen-bond acceptors (Lipinski definition) is 4. The van der Waals surface area contributed by atoms with Gasteiger partial charge in [-0.15, -0.1) is 0 Å². The van der Waals surface area contributed by atoms with E-state index in [0.29, 0.717) is 0 Å². The summed E-state index contributed by atoms with van der Waals surface area (Å²) in [4.78, 5) is 12.3. The summed E-state index contributed by atoms with van der Waals surface area (Å²) in [5.74, 6) is 0. The first-order valence-corrected chi connectivity index (χ1v) is 9.88. The molecule has 2 aromatic carbocycles. The van der Waals surface area contributed by atoms with Gasteiger partial charge in [-0.2, -0.15) is 0 Å². The normalized spacial score (nSPS) is 12.0. The Morgan fingerprint density at radius 2 is 1.59 bits per heavy atom. The van der Waals surface area contributed by atoms with E-state index in [1.54, 1.807) is 0 Å². The molecule has 0 radical (unpaired) electrons. The summed E-state index contributed by atoms with van der Waals surface area (Å²) in [6.07, 6.45) is 0. The Kier molecular flexibility index (Phi) is 5.32. The number of para-hydroxylation sites is 3. The third-order valence-corrected chi connectivity index (χ3v) is 5.27. The molecule has 0 unspecified atom stereocenters. The summed E-state index contributed by atoms with van der Waals surface area (Å²) in [5, 5.41) is 4.75. The van der Waals surface area contributed by atoms with Crippen molar-refractivity contribution in [1.82, 2.24) is 24.8 Å². The standard InChI is InChI=1S/C22H27N5/c1-3-26(4-2)15-13-23-14-16-27-20-12-8-5-9-17(20)21-22(27)25-19-11-7-6-10-18(19)24-21/h5-12,23H,3-4,13-16H2,1-2H3. The highest BCUT2D eigenvalue weighted by molar-refractivity contribution is 6.06. The number of hydrogen-bond donors (Lipinski definition) is 1. The molecule has 0 amide bonds. The fraction of sp³-hybridized carbons (Fsp3) is 0.364. The van der Waals surface area contributed by atoms with Gasteiger partial charge < -0.3 is 14.8 Å². The molecule has 0 aliphatic heterocycles. The molecule has 0 saturated heterocycles. The predicted octanol–water partition coefficient (Wildman–Crippen LogP) is 3.67. The molecule has 1 N–H and O–H groups in total. The van der Waals surface area contributed by atoms with Crippen molar-refractivity contribution in [1.29, 1.82) is 0 Å². The molecule has 5 heteroatoms. The van der Waals surface area contributed by atoms with E-state index in [2.05, 4.69) is 52.9 Å². The van der Waals surface area contributed by atoms with Crippen LogP contribution in [0.2, 0.25) is 0 Å². The lowest BCUT2D eigenvalue weighted by molar-refractivity contribution is 0.302. The summed E-state index contributed by atoms with van der Waals surface area (Å²) in [7, 11) is 0. The Labute approximate surface area is 160 Å². The highest BCUT2D eigenvalue weighted by Crippen LogP contribution is 2.27. The van der Waals surface area contributed by atoms with E-state index in [-0.39, 0.29) is 0 Å². The maximum atomic E-state index is 4.93. The van der Waals surface area contributed by atoms with Crippen LogP contribution in [-0.4, -0.2) is 52.2 Å². The molecule has 0 aliphatic carbocycles. The molecule has 0 atom stereocenters. The molecule has 0 saturated carbocycles. The van der Waals surface area contributed by atoms with Crippen molar-refractivity contribution >= 4 is 33.1 Å². The molecule has 0 fully saturated rings. The van der Waals surface area contributed by atoms with E-state index in [1.807, 2.05) is 24.3 Å². The molecule has 5 nitrogen and oxygen atoms in total. The zero-order valence-electron chi connectivity index (χ0n) is 16.2. The zero-order valence-corrected chi connectivity index (χ0v) is 16.2. The molecule has 0 spiro atoms. The minimum absolute atomic E-state index is 0.884.